The highest BCUT2D eigenvalue weighted by atomic mass is 16.3. The van der Waals surface area contributed by atoms with Crippen LogP contribution in [0.25, 0.3) is 16.4 Å². The molecule has 8 nitrogen and oxygen atoms in total. The van der Waals surface area contributed by atoms with E-state index in [4.69, 9.17) is 5.73 Å². The summed E-state index contributed by atoms with van der Waals surface area (Å²) in [6.07, 6.45) is 3.24. The number of nitrogens with one attached hydrogen (secondary N) is 1. The minimum atomic E-state index is -0.885. The number of pyridine rings is 1. The summed E-state index contributed by atoms with van der Waals surface area (Å²) >= 11 is 0. The average molecular weight is 488 g/mol. The second-order valence-electron chi connectivity index (χ2n) is 10.3. The van der Waals surface area contributed by atoms with Crippen molar-refractivity contribution in [1.29, 1.82) is 0 Å². The van der Waals surface area contributed by atoms with Gasteiger partial charge in [-0.05, 0) is 73.1 Å². The third-order valence-corrected chi connectivity index (χ3v) is 7.62. The monoisotopic (exact) mass is 487 g/mol. The molecule has 4 aromatic rings. The van der Waals surface area contributed by atoms with Crippen LogP contribution in [0.1, 0.15) is 56.7 Å². The van der Waals surface area contributed by atoms with E-state index < -0.39 is 17.6 Å². The van der Waals surface area contributed by atoms with Crippen molar-refractivity contribution >= 4 is 33.8 Å². The SMILES string of the molecule is CCCC(=O)Nc1ccc2ccc(CC[C@@]3(C)C[C@@H](c4ccc5c(N)ccnn45)[C@H](O)[C@@H]3O)cc2n1. The van der Waals surface area contributed by atoms with E-state index >= 15 is 0 Å². The summed E-state index contributed by atoms with van der Waals surface area (Å²) in [6.45, 7) is 4.01. The third-order valence-electron chi connectivity index (χ3n) is 7.62. The maximum atomic E-state index is 12.0. The molecule has 5 N–H and O–H groups in total. The van der Waals surface area contributed by atoms with E-state index in [1.165, 1.54) is 0 Å². The molecule has 0 bridgehead atoms. The second-order valence-corrected chi connectivity index (χ2v) is 10.3. The number of hydrogen-bond acceptors (Lipinski definition) is 6. The topological polar surface area (TPSA) is 126 Å². The number of carbonyl (C=O) groups excluding carboxylic acids is 1. The fraction of sp³-hybridized carbons (Fsp3) is 0.393. The zero-order valence-electron chi connectivity index (χ0n) is 20.7. The fourth-order valence-electron chi connectivity index (χ4n) is 5.49. The van der Waals surface area contributed by atoms with Gasteiger partial charge in [-0.15, -0.1) is 0 Å². The van der Waals surface area contributed by atoms with Crippen molar-refractivity contribution in [3.8, 4) is 0 Å². The Balaban J connectivity index is 1.33. The Morgan fingerprint density at radius 2 is 2.00 bits per heavy atom. The van der Waals surface area contributed by atoms with E-state index in [2.05, 4.69) is 21.5 Å². The number of hydrogen-bond donors (Lipinski definition) is 4. The lowest BCUT2D eigenvalue weighted by Gasteiger charge is -2.28. The molecule has 5 rings (SSSR count). The van der Waals surface area contributed by atoms with Crippen LogP contribution < -0.4 is 11.1 Å². The molecule has 3 aromatic heterocycles. The number of rotatable bonds is 7. The summed E-state index contributed by atoms with van der Waals surface area (Å²) in [5.41, 5.74) is 9.83. The number of amides is 1. The fourth-order valence-corrected chi connectivity index (χ4v) is 5.49. The average Bonchev–Trinajstić information content (AvgIpc) is 3.39. The summed E-state index contributed by atoms with van der Waals surface area (Å²) in [5.74, 6) is 0.274. The van der Waals surface area contributed by atoms with Crippen LogP contribution in [-0.4, -0.2) is 42.9 Å². The predicted molar refractivity (Wildman–Crippen MR) is 141 cm³/mol. The van der Waals surface area contributed by atoms with Gasteiger partial charge in [0, 0.05) is 29.6 Å². The molecule has 1 saturated carbocycles. The van der Waals surface area contributed by atoms with E-state index in [1.807, 2.05) is 50.2 Å². The molecule has 1 aliphatic rings. The molecule has 3 heterocycles. The van der Waals surface area contributed by atoms with Crippen LogP contribution in [0, 0.1) is 5.41 Å². The van der Waals surface area contributed by atoms with Crippen LogP contribution in [0.5, 0.6) is 0 Å². The minimum Gasteiger partial charge on any atom is -0.397 e. The Kier molecular flexibility index (Phi) is 6.40. The molecule has 1 fully saturated rings. The number of aliphatic hydroxyl groups is 2. The Morgan fingerprint density at radius 3 is 2.81 bits per heavy atom. The molecular formula is C28H33N5O3. The number of aliphatic hydroxyl groups excluding tert-OH is 2. The number of aryl methyl sites for hydroxylation is 1. The van der Waals surface area contributed by atoms with E-state index in [-0.39, 0.29) is 11.8 Å². The normalized spacial score (nSPS) is 23.9. The van der Waals surface area contributed by atoms with Crippen LogP contribution in [0.3, 0.4) is 0 Å². The molecular weight excluding hydrogens is 454 g/mol. The van der Waals surface area contributed by atoms with Gasteiger partial charge in [0.05, 0.1) is 28.9 Å². The van der Waals surface area contributed by atoms with Crippen LogP contribution in [-0.2, 0) is 11.2 Å². The number of nitrogen functional groups attached to an aromatic ring is 1. The number of anilines is 2. The maximum Gasteiger partial charge on any atom is 0.225 e. The summed E-state index contributed by atoms with van der Waals surface area (Å²) in [4.78, 5) is 16.6. The molecule has 0 unspecified atom stereocenters. The highest BCUT2D eigenvalue weighted by molar-refractivity contribution is 5.91. The smallest absolute Gasteiger partial charge is 0.225 e. The van der Waals surface area contributed by atoms with Crippen molar-refractivity contribution in [2.45, 2.75) is 64.1 Å². The first kappa shape index (κ1) is 24.2. The van der Waals surface area contributed by atoms with E-state index in [9.17, 15) is 15.0 Å². The van der Waals surface area contributed by atoms with Gasteiger partial charge >= 0.3 is 0 Å². The highest BCUT2D eigenvalue weighted by Crippen LogP contribution is 2.49. The van der Waals surface area contributed by atoms with Crippen molar-refractivity contribution < 1.29 is 15.0 Å². The zero-order valence-corrected chi connectivity index (χ0v) is 20.7. The highest BCUT2D eigenvalue weighted by Gasteiger charge is 2.50. The van der Waals surface area contributed by atoms with E-state index in [0.717, 1.165) is 40.5 Å². The van der Waals surface area contributed by atoms with Gasteiger partial charge in [-0.1, -0.05) is 26.0 Å². The first-order valence-electron chi connectivity index (χ1n) is 12.6. The summed E-state index contributed by atoms with van der Waals surface area (Å²) in [5, 5.41) is 30.4. The number of fused-ring (bicyclic) bond motifs is 2. The van der Waals surface area contributed by atoms with E-state index in [0.29, 0.717) is 30.8 Å². The van der Waals surface area contributed by atoms with Crippen molar-refractivity contribution in [2.75, 3.05) is 11.1 Å². The molecule has 36 heavy (non-hydrogen) atoms. The lowest BCUT2D eigenvalue weighted by molar-refractivity contribution is -0.116. The second kappa shape index (κ2) is 9.52. The first-order valence-corrected chi connectivity index (χ1v) is 12.6. The molecule has 1 aromatic carbocycles. The van der Waals surface area contributed by atoms with Crippen LogP contribution in [0.4, 0.5) is 11.5 Å². The quantitative estimate of drug-likeness (QED) is 0.312. The Bertz CT molecular complexity index is 1420. The van der Waals surface area contributed by atoms with Gasteiger partial charge in [-0.2, -0.15) is 5.10 Å². The molecule has 188 valence electrons. The molecule has 8 heteroatoms. The minimum absolute atomic E-state index is 0.0367. The largest absolute Gasteiger partial charge is 0.397 e. The van der Waals surface area contributed by atoms with Crippen molar-refractivity contribution in [3.63, 3.8) is 0 Å². The number of aromatic nitrogens is 3. The van der Waals surface area contributed by atoms with Crippen LogP contribution in [0.2, 0.25) is 0 Å². The van der Waals surface area contributed by atoms with Crippen molar-refractivity contribution in [1.82, 2.24) is 14.6 Å². The van der Waals surface area contributed by atoms with Gasteiger partial charge in [-0.25, -0.2) is 9.50 Å². The lowest BCUT2D eigenvalue weighted by atomic mass is 9.80. The lowest BCUT2D eigenvalue weighted by Crippen LogP contribution is -2.34. The zero-order chi connectivity index (χ0) is 25.4. The number of benzene rings is 1. The molecule has 0 spiro atoms. The number of nitrogens with two attached hydrogens (primary N) is 1. The van der Waals surface area contributed by atoms with Crippen molar-refractivity contribution in [2.24, 2.45) is 5.41 Å². The van der Waals surface area contributed by atoms with Gasteiger partial charge in [0.1, 0.15) is 5.82 Å². The summed E-state index contributed by atoms with van der Waals surface area (Å²) < 4.78 is 1.77. The molecule has 1 aliphatic carbocycles. The third kappa shape index (κ3) is 4.42. The summed E-state index contributed by atoms with van der Waals surface area (Å²) in [6, 6.07) is 15.5. The predicted octanol–water partition coefficient (Wildman–Crippen LogP) is 4.05. The molecule has 0 aliphatic heterocycles. The van der Waals surface area contributed by atoms with Crippen LogP contribution in [0.15, 0.2) is 54.7 Å². The molecule has 0 saturated heterocycles. The number of carbonyl (C=O) groups is 1. The van der Waals surface area contributed by atoms with Gasteiger partial charge in [-0.3, -0.25) is 4.79 Å². The Morgan fingerprint density at radius 1 is 1.19 bits per heavy atom. The van der Waals surface area contributed by atoms with Gasteiger partial charge < -0.3 is 21.3 Å². The van der Waals surface area contributed by atoms with Gasteiger partial charge in [0.25, 0.3) is 0 Å². The molecule has 4 atom stereocenters. The van der Waals surface area contributed by atoms with Gasteiger partial charge in [0.2, 0.25) is 5.91 Å². The van der Waals surface area contributed by atoms with Gasteiger partial charge in [0.15, 0.2) is 0 Å². The van der Waals surface area contributed by atoms with Crippen molar-refractivity contribution in [3.05, 3.63) is 66.0 Å². The Hall–Kier alpha value is -3.49. The molecule has 1 amide bonds. The van der Waals surface area contributed by atoms with Crippen LogP contribution >= 0.6 is 0 Å². The Labute approximate surface area is 210 Å². The van der Waals surface area contributed by atoms with E-state index in [1.54, 1.807) is 16.8 Å². The standard InChI is InChI=1S/C28H33N5O3/c1-3-4-25(34)32-24-10-7-18-6-5-17(15-21(18)31-24)11-13-28(2)16-19(26(35)27(28)36)22-8-9-23-20(29)12-14-30-33(22)23/h5-10,12,14-15,19,26-27,35-36H,3-4,11,13,16,29H2,1-2H3,(H,31,32,34)/t19-,26-,27-,28-/m0/s1. The molecule has 0 radical (unpaired) electrons. The summed E-state index contributed by atoms with van der Waals surface area (Å²) in [7, 11) is 0. The maximum absolute atomic E-state index is 12.0. The number of nitrogens with zero attached hydrogens (tertiary/aromatic N) is 3. The first-order chi connectivity index (χ1) is 17.3.